The highest BCUT2D eigenvalue weighted by molar-refractivity contribution is 6.23. The van der Waals surface area contributed by atoms with Crippen LogP contribution in [0.3, 0.4) is 0 Å². The summed E-state index contributed by atoms with van der Waals surface area (Å²) in [5.74, 6) is -0.696. The Morgan fingerprint density at radius 3 is 2.57 bits per heavy atom. The lowest BCUT2D eigenvalue weighted by Crippen LogP contribution is -2.44. The summed E-state index contributed by atoms with van der Waals surface area (Å²) in [5.41, 5.74) is 4.83. The van der Waals surface area contributed by atoms with Crippen LogP contribution in [-0.4, -0.2) is 35.5 Å². The highest BCUT2D eigenvalue weighted by Gasteiger charge is 2.51. The zero-order valence-corrected chi connectivity index (χ0v) is 14.9. The Morgan fingerprint density at radius 1 is 1.32 bits per heavy atom. The van der Waals surface area contributed by atoms with E-state index in [1.54, 1.807) is 0 Å². The van der Waals surface area contributed by atoms with Gasteiger partial charge in [0.25, 0.3) is 5.91 Å². The lowest BCUT2D eigenvalue weighted by atomic mass is 10.0. The fourth-order valence-corrected chi connectivity index (χ4v) is 2.71. The van der Waals surface area contributed by atoms with E-state index >= 15 is 0 Å². The predicted molar refractivity (Wildman–Crippen MR) is 93.0 cm³/mol. The predicted octanol–water partition coefficient (Wildman–Crippen LogP) is 3.99. The van der Waals surface area contributed by atoms with Crippen molar-refractivity contribution in [3.63, 3.8) is 0 Å². The second-order valence-corrected chi connectivity index (χ2v) is 6.32. The van der Waals surface area contributed by atoms with Crippen LogP contribution in [0.4, 0.5) is 23.7 Å². The maximum Gasteiger partial charge on any atom is 0.417 e. The number of alkyl halides is 3. The Bertz CT molecular complexity index is 926. The maximum atomic E-state index is 13.2. The lowest BCUT2D eigenvalue weighted by Gasteiger charge is -2.26. The van der Waals surface area contributed by atoms with Gasteiger partial charge in [-0.25, -0.2) is 9.69 Å². The van der Waals surface area contributed by atoms with Crippen molar-refractivity contribution in [1.29, 1.82) is 5.26 Å². The van der Waals surface area contributed by atoms with E-state index in [9.17, 15) is 22.8 Å². The number of urea groups is 1. The summed E-state index contributed by atoms with van der Waals surface area (Å²) in [5, 5.41) is 12.2. The summed E-state index contributed by atoms with van der Waals surface area (Å²) in [6, 6.07) is 3.33. The molecule has 1 fully saturated rings. The van der Waals surface area contributed by atoms with Crippen molar-refractivity contribution in [2.45, 2.75) is 25.6 Å². The smallest absolute Gasteiger partial charge is 0.306 e. The molecule has 0 aliphatic carbocycles. The molecule has 0 N–H and O–H groups in total. The molecule has 0 spiro atoms. The van der Waals surface area contributed by atoms with Gasteiger partial charge in [0.1, 0.15) is 5.54 Å². The number of rotatable bonds is 5. The van der Waals surface area contributed by atoms with Gasteiger partial charge in [-0.05, 0) is 37.6 Å². The van der Waals surface area contributed by atoms with Gasteiger partial charge in [0.15, 0.2) is 0 Å². The van der Waals surface area contributed by atoms with Gasteiger partial charge in [0.05, 0.1) is 22.9 Å². The number of azide groups is 1. The number of carbonyl (C=O) groups is 2. The zero-order valence-electron chi connectivity index (χ0n) is 14.9. The van der Waals surface area contributed by atoms with Gasteiger partial charge in [0.2, 0.25) is 0 Å². The Kier molecular flexibility index (Phi) is 5.66. The molecule has 0 bridgehead atoms. The molecular formula is C17H15F3N6O2. The van der Waals surface area contributed by atoms with Crippen molar-refractivity contribution in [3.05, 3.63) is 51.9 Å². The molecular weight excluding hydrogens is 377 g/mol. The van der Waals surface area contributed by atoms with Crippen LogP contribution in [0.1, 0.15) is 25.0 Å². The van der Waals surface area contributed by atoms with E-state index in [4.69, 9.17) is 10.8 Å². The number of imide groups is 1. The van der Waals surface area contributed by atoms with Crippen molar-refractivity contribution in [2.24, 2.45) is 5.11 Å². The normalized spacial score (nSPS) is 16.4. The Labute approximate surface area is 158 Å². The molecule has 1 aromatic rings. The number of anilines is 1. The van der Waals surface area contributed by atoms with Crippen LogP contribution in [-0.2, 0) is 11.0 Å². The van der Waals surface area contributed by atoms with Crippen LogP contribution in [0.2, 0.25) is 0 Å². The Balaban J connectivity index is 2.40. The first-order valence-electron chi connectivity index (χ1n) is 7.99. The minimum atomic E-state index is -4.81. The van der Waals surface area contributed by atoms with E-state index in [0.29, 0.717) is 11.0 Å². The quantitative estimate of drug-likeness (QED) is 0.248. The van der Waals surface area contributed by atoms with Crippen LogP contribution in [0.15, 0.2) is 35.5 Å². The molecule has 0 radical (unpaired) electrons. The molecule has 1 aromatic carbocycles. The second kappa shape index (κ2) is 7.62. The van der Waals surface area contributed by atoms with Crippen molar-refractivity contribution in [2.75, 3.05) is 18.0 Å². The average molecular weight is 392 g/mol. The maximum absolute atomic E-state index is 13.2. The summed E-state index contributed by atoms with van der Waals surface area (Å²) < 4.78 is 39.6. The van der Waals surface area contributed by atoms with E-state index in [2.05, 4.69) is 10.0 Å². The largest absolute Gasteiger partial charge is 0.417 e. The van der Waals surface area contributed by atoms with Crippen LogP contribution >= 0.6 is 0 Å². The molecule has 8 nitrogen and oxygen atoms in total. The molecule has 1 aliphatic heterocycles. The van der Waals surface area contributed by atoms with Crippen molar-refractivity contribution < 1.29 is 22.8 Å². The fraction of sp³-hybridized carbons (Fsp3) is 0.353. The van der Waals surface area contributed by atoms with Crippen LogP contribution in [0.5, 0.6) is 0 Å². The minimum absolute atomic E-state index is 0.00255. The third-order valence-corrected chi connectivity index (χ3v) is 4.22. The van der Waals surface area contributed by atoms with Crippen LogP contribution in [0.25, 0.3) is 10.4 Å². The number of carbonyl (C=O) groups excluding carboxylic acids is 2. The highest BCUT2D eigenvalue weighted by Crippen LogP contribution is 2.37. The SMILES string of the molecule is CC1(C)C(=O)N(c2ccc(C#N)c(C(F)(F)F)c2)C(=O)N1CC=CCN=[N+]=[N-]. The molecule has 3 amide bonds. The molecule has 28 heavy (non-hydrogen) atoms. The number of benzene rings is 1. The summed E-state index contributed by atoms with van der Waals surface area (Å²) in [6.45, 7) is 3.00. The molecule has 1 heterocycles. The van der Waals surface area contributed by atoms with Crippen molar-refractivity contribution in [3.8, 4) is 6.07 Å². The standard InChI is InChI=1S/C17H15F3N6O2/c1-16(2)14(27)26(15(28)25(16)8-4-3-7-23-24-22)12-6-5-11(10-21)13(9-12)17(18,19)20/h3-6,9H,7-8H2,1-2H3. The zero-order chi connectivity index (χ0) is 21.1. The average Bonchev–Trinajstić information content (AvgIpc) is 2.79. The number of nitrogens with zero attached hydrogens (tertiary/aromatic N) is 6. The molecule has 1 aliphatic rings. The molecule has 0 saturated carbocycles. The number of nitriles is 1. The summed E-state index contributed by atoms with van der Waals surface area (Å²) in [4.78, 5) is 29.9. The molecule has 146 valence electrons. The van der Waals surface area contributed by atoms with E-state index in [0.717, 1.165) is 12.1 Å². The third-order valence-electron chi connectivity index (χ3n) is 4.22. The first-order valence-corrected chi connectivity index (χ1v) is 7.99. The topological polar surface area (TPSA) is 113 Å². The Morgan fingerprint density at radius 2 is 2.00 bits per heavy atom. The van der Waals surface area contributed by atoms with Gasteiger partial charge >= 0.3 is 12.2 Å². The van der Waals surface area contributed by atoms with Gasteiger partial charge in [-0.2, -0.15) is 18.4 Å². The van der Waals surface area contributed by atoms with Gasteiger partial charge in [-0.1, -0.05) is 17.3 Å². The lowest BCUT2D eigenvalue weighted by molar-refractivity contribution is -0.137. The van der Waals surface area contributed by atoms with E-state index < -0.39 is 34.8 Å². The van der Waals surface area contributed by atoms with E-state index in [1.165, 1.54) is 37.0 Å². The summed E-state index contributed by atoms with van der Waals surface area (Å²) in [7, 11) is 0. The van der Waals surface area contributed by atoms with Crippen LogP contribution < -0.4 is 4.90 Å². The van der Waals surface area contributed by atoms with E-state index in [1.807, 2.05) is 0 Å². The molecule has 1 saturated heterocycles. The van der Waals surface area contributed by atoms with Gasteiger partial charge < -0.3 is 4.90 Å². The number of hydrogen-bond donors (Lipinski definition) is 0. The second-order valence-electron chi connectivity index (χ2n) is 6.32. The highest BCUT2D eigenvalue weighted by atomic mass is 19.4. The van der Waals surface area contributed by atoms with Crippen molar-refractivity contribution in [1.82, 2.24) is 4.90 Å². The molecule has 11 heteroatoms. The summed E-state index contributed by atoms with van der Waals surface area (Å²) >= 11 is 0. The molecule has 0 unspecified atom stereocenters. The van der Waals surface area contributed by atoms with E-state index in [-0.39, 0.29) is 18.8 Å². The molecule has 0 atom stereocenters. The molecule has 2 rings (SSSR count). The van der Waals surface area contributed by atoms with Crippen molar-refractivity contribution >= 4 is 17.6 Å². The number of hydrogen-bond acceptors (Lipinski definition) is 4. The van der Waals surface area contributed by atoms with Crippen LogP contribution in [0, 0.1) is 11.3 Å². The summed E-state index contributed by atoms with van der Waals surface area (Å²) in [6.07, 6.45) is -1.79. The first kappa shape index (κ1) is 20.8. The minimum Gasteiger partial charge on any atom is -0.306 e. The fourth-order valence-electron chi connectivity index (χ4n) is 2.71. The third kappa shape index (κ3) is 3.77. The Hall–Kier alpha value is -3.51. The van der Waals surface area contributed by atoms with Gasteiger partial charge in [-0.15, -0.1) is 0 Å². The van der Waals surface area contributed by atoms with Gasteiger partial charge in [-0.3, -0.25) is 4.79 Å². The van der Waals surface area contributed by atoms with Gasteiger partial charge in [0, 0.05) is 18.0 Å². The first-order chi connectivity index (χ1) is 13.1. The molecule has 0 aromatic heterocycles. The monoisotopic (exact) mass is 392 g/mol. The number of halogens is 3. The number of amides is 3.